The van der Waals surface area contributed by atoms with Gasteiger partial charge in [-0.15, -0.1) is 11.3 Å². The molecule has 0 saturated heterocycles. The van der Waals surface area contributed by atoms with Gasteiger partial charge >= 0.3 is 6.03 Å². The lowest BCUT2D eigenvalue weighted by atomic mass is 10.1. The number of halogens is 1. The third-order valence-corrected chi connectivity index (χ3v) is 6.66. The van der Waals surface area contributed by atoms with E-state index in [1.165, 1.54) is 46.7 Å². The lowest BCUT2D eigenvalue weighted by Crippen LogP contribution is -2.18. The van der Waals surface area contributed by atoms with E-state index in [1.54, 1.807) is 11.8 Å². The van der Waals surface area contributed by atoms with Crippen LogP contribution in [0.2, 0.25) is 0 Å². The van der Waals surface area contributed by atoms with Crippen molar-refractivity contribution in [2.24, 2.45) is 0 Å². The Kier molecular flexibility index (Phi) is 5.51. The highest BCUT2D eigenvalue weighted by Crippen LogP contribution is 2.38. The lowest BCUT2D eigenvalue weighted by Gasteiger charge is -2.08. The van der Waals surface area contributed by atoms with Crippen molar-refractivity contribution in [1.82, 2.24) is 4.98 Å². The molecule has 0 radical (unpaired) electrons. The van der Waals surface area contributed by atoms with Crippen molar-refractivity contribution in [3.05, 3.63) is 77.7 Å². The molecule has 2 aromatic heterocycles. The number of aromatic nitrogens is 1. The van der Waals surface area contributed by atoms with Crippen LogP contribution < -0.4 is 10.6 Å². The minimum absolute atomic E-state index is 0.343. The first-order chi connectivity index (χ1) is 14.0. The number of hydrogen-bond donors (Lipinski definition) is 2. The molecule has 4 nitrogen and oxygen atoms in total. The van der Waals surface area contributed by atoms with Gasteiger partial charge in [0.15, 0.2) is 0 Å². The molecule has 0 fully saturated rings. The van der Waals surface area contributed by atoms with Gasteiger partial charge in [0.2, 0.25) is 0 Å². The van der Waals surface area contributed by atoms with Gasteiger partial charge in [-0.2, -0.15) is 0 Å². The molecule has 146 valence electrons. The van der Waals surface area contributed by atoms with Crippen molar-refractivity contribution in [1.29, 1.82) is 0 Å². The largest absolute Gasteiger partial charge is 0.324 e. The number of carbonyl (C=O) groups is 1. The van der Waals surface area contributed by atoms with Crippen molar-refractivity contribution in [2.45, 2.75) is 23.0 Å². The molecule has 0 atom stereocenters. The van der Waals surface area contributed by atoms with Crippen molar-refractivity contribution in [3.63, 3.8) is 0 Å². The van der Waals surface area contributed by atoms with Crippen LogP contribution in [-0.2, 0) is 0 Å². The topological polar surface area (TPSA) is 54.0 Å². The van der Waals surface area contributed by atoms with Crippen molar-refractivity contribution < 1.29 is 9.18 Å². The summed E-state index contributed by atoms with van der Waals surface area (Å²) >= 11 is 3.15. The maximum absolute atomic E-state index is 13.0. The number of anilines is 2. The second kappa shape index (κ2) is 8.23. The third kappa shape index (κ3) is 4.58. The molecule has 4 aromatic rings. The highest BCUT2D eigenvalue weighted by Gasteiger charge is 2.10. The molecule has 0 aliphatic heterocycles. The summed E-state index contributed by atoms with van der Waals surface area (Å²) in [4.78, 5) is 17.8. The normalized spacial score (nSPS) is 10.9. The molecule has 2 heterocycles. The molecule has 0 aliphatic rings. The Hall–Kier alpha value is -2.90. The zero-order valence-corrected chi connectivity index (χ0v) is 17.5. The lowest BCUT2D eigenvalue weighted by molar-refractivity contribution is 0.262. The molecule has 0 aliphatic carbocycles. The summed E-state index contributed by atoms with van der Waals surface area (Å²) in [6.07, 6.45) is 1.82. The molecule has 4 rings (SSSR count). The van der Waals surface area contributed by atoms with Gasteiger partial charge in [0.1, 0.15) is 5.82 Å². The van der Waals surface area contributed by atoms with Crippen molar-refractivity contribution >= 4 is 50.7 Å². The van der Waals surface area contributed by atoms with Crippen LogP contribution in [0, 0.1) is 19.7 Å². The predicted molar refractivity (Wildman–Crippen MR) is 119 cm³/mol. The number of urea groups is 1. The van der Waals surface area contributed by atoms with Crippen LogP contribution in [-0.4, -0.2) is 11.0 Å². The third-order valence-electron chi connectivity index (χ3n) is 4.45. The molecule has 2 N–H and O–H groups in total. The van der Waals surface area contributed by atoms with Gasteiger partial charge in [-0.25, -0.2) is 9.18 Å². The van der Waals surface area contributed by atoms with Crippen LogP contribution in [0.4, 0.5) is 19.9 Å². The molecular weight excluding hydrogens is 405 g/mol. The monoisotopic (exact) mass is 423 g/mol. The van der Waals surface area contributed by atoms with Crippen molar-refractivity contribution in [2.75, 3.05) is 10.6 Å². The molecule has 7 heteroatoms. The Balaban J connectivity index is 1.47. The summed E-state index contributed by atoms with van der Waals surface area (Å²) in [6, 6.07) is 15.4. The van der Waals surface area contributed by atoms with Crippen LogP contribution in [0.5, 0.6) is 0 Å². The Morgan fingerprint density at radius 3 is 2.55 bits per heavy atom. The summed E-state index contributed by atoms with van der Waals surface area (Å²) in [5.41, 5.74) is 3.97. The minimum atomic E-state index is -0.365. The molecule has 0 unspecified atom stereocenters. The number of aryl methyl sites for hydroxylation is 2. The predicted octanol–water partition coefficient (Wildman–Crippen LogP) is 6.85. The highest BCUT2D eigenvalue weighted by atomic mass is 32.2. The fourth-order valence-electron chi connectivity index (χ4n) is 2.83. The molecule has 0 saturated carbocycles. The van der Waals surface area contributed by atoms with Gasteiger partial charge in [-0.3, -0.25) is 10.3 Å². The number of hydrogen-bond acceptors (Lipinski definition) is 4. The zero-order chi connectivity index (χ0) is 20.4. The quantitative estimate of drug-likeness (QED) is 0.377. The fraction of sp³-hybridized carbons (Fsp3) is 0.0909. The first kappa shape index (κ1) is 19.4. The minimum Gasteiger partial charge on any atom is -0.308 e. The van der Waals surface area contributed by atoms with E-state index in [2.05, 4.69) is 41.6 Å². The summed E-state index contributed by atoms with van der Waals surface area (Å²) < 4.78 is 14.0. The van der Waals surface area contributed by atoms with E-state index in [-0.39, 0.29) is 11.8 Å². The second-order valence-corrected chi connectivity index (χ2v) is 9.00. The number of rotatable bonds is 4. The molecular formula is C22H18FN3OS2. The Morgan fingerprint density at radius 1 is 1.00 bits per heavy atom. The van der Waals surface area contributed by atoms with E-state index in [9.17, 15) is 9.18 Å². The maximum Gasteiger partial charge on any atom is 0.324 e. The van der Waals surface area contributed by atoms with E-state index in [0.29, 0.717) is 5.69 Å². The van der Waals surface area contributed by atoms with E-state index in [4.69, 9.17) is 0 Å². The zero-order valence-electron chi connectivity index (χ0n) is 15.8. The van der Waals surface area contributed by atoms with Crippen LogP contribution in [0.15, 0.2) is 69.9 Å². The Bertz CT molecular complexity index is 1190. The molecule has 29 heavy (non-hydrogen) atoms. The summed E-state index contributed by atoms with van der Waals surface area (Å²) in [7, 11) is 0. The van der Waals surface area contributed by atoms with Gasteiger partial charge in [-0.05, 0) is 79.6 Å². The highest BCUT2D eigenvalue weighted by molar-refractivity contribution is 8.01. The number of nitrogens with zero attached hydrogens (tertiary/aromatic N) is 1. The van der Waals surface area contributed by atoms with Crippen LogP contribution in [0.25, 0.3) is 10.9 Å². The van der Waals surface area contributed by atoms with E-state index < -0.39 is 0 Å². The number of nitrogens with one attached hydrogen (secondary N) is 2. The van der Waals surface area contributed by atoms with Crippen LogP contribution in [0.1, 0.15) is 11.1 Å². The Labute approximate surface area is 176 Å². The van der Waals surface area contributed by atoms with Crippen LogP contribution in [0.3, 0.4) is 0 Å². The van der Waals surface area contributed by atoms with E-state index in [0.717, 1.165) is 25.0 Å². The smallest absolute Gasteiger partial charge is 0.308 e. The number of amides is 2. The number of thiophene rings is 1. The van der Waals surface area contributed by atoms with E-state index in [1.807, 2.05) is 24.4 Å². The molecule has 0 bridgehead atoms. The summed E-state index contributed by atoms with van der Waals surface area (Å²) in [5, 5.41) is 7.36. The molecule has 2 amide bonds. The van der Waals surface area contributed by atoms with Gasteiger partial charge in [0.25, 0.3) is 0 Å². The maximum atomic E-state index is 13.0. The standard InChI is InChI=1S/C22H18FN3OS2/c1-13-11-17-18(12-14(13)2)24-10-9-19(17)28-21-8-7-20(29-21)26-22(27)25-16-5-3-15(23)4-6-16/h3-12H,1-2H3,(H2,25,26,27). The first-order valence-electron chi connectivity index (χ1n) is 8.95. The number of carbonyl (C=O) groups excluding carboxylic acids is 1. The molecule has 2 aromatic carbocycles. The SMILES string of the molecule is Cc1cc2nccc(Sc3ccc(NC(=O)Nc4ccc(F)cc4)s3)c2cc1C. The molecule has 0 spiro atoms. The average molecular weight is 424 g/mol. The van der Waals surface area contributed by atoms with Gasteiger partial charge in [0, 0.05) is 22.2 Å². The van der Waals surface area contributed by atoms with Gasteiger partial charge < -0.3 is 5.32 Å². The summed E-state index contributed by atoms with van der Waals surface area (Å²) in [6.45, 7) is 4.19. The van der Waals surface area contributed by atoms with Crippen molar-refractivity contribution in [3.8, 4) is 0 Å². The fourth-order valence-corrected chi connectivity index (χ4v) is 4.92. The number of benzene rings is 2. The average Bonchev–Trinajstić information content (AvgIpc) is 3.12. The van der Waals surface area contributed by atoms with E-state index >= 15 is 0 Å². The van der Waals surface area contributed by atoms with Gasteiger partial charge in [-0.1, -0.05) is 11.8 Å². The summed E-state index contributed by atoms with van der Waals surface area (Å²) in [5.74, 6) is -0.343. The second-order valence-electron chi connectivity index (χ2n) is 6.57. The van der Waals surface area contributed by atoms with Crippen LogP contribution >= 0.6 is 23.1 Å². The number of fused-ring (bicyclic) bond motifs is 1. The van der Waals surface area contributed by atoms with Gasteiger partial charge in [0.05, 0.1) is 14.7 Å². The Morgan fingerprint density at radius 2 is 1.76 bits per heavy atom. The first-order valence-corrected chi connectivity index (χ1v) is 10.6. The number of pyridine rings is 1.